The number of amides is 1. The minimum Gasteiger partial charge on any atom is -0.366 e. The topological polar surface area (TPSA) is 66.7 Å². The number of aryl methyl sites for hydroxylation is 2. The van der Waals surface area contributed by atoms with E-state index in [1.54, 1.807) is 29.3 Å². The summed E-state index contributed by atoms with van der Waals surface area (Å²) in [6.45, 7) is 8.45. The van der Waals surface area contributed by atoms with Crippen molar-refractivity contribution in [1.82, 2.24) is 14.3 Å². The molecule has 4 rings (SSSR count). The molecule has 1 N–H and O–H groups in total. The van der Waals surface area contributed by atoms with Crippen molar-refractivity contribution in [3.8, 4) is 0 Å². The van der Waals surface area contributed by atoms with Crippen LogP contribution < -0.4 is 10.9 Å². The average molecular weight is 463 g/mol. The minimum atomic E-state index is -0.255. The van der Waals surface area contributed by atoms with Crippen molar-refractivity contribution < 1.29 is 4.79 Å². The summed E-state index contributed by atoms with van der Waals surface area (Å²) >= 11 is 6.66. The third-order valence-electron chi connectivity index (χ3n) is 5.11. The molecule has 1 aromatic carbocycles. The maximum Gasteiger partial charge on any atom is 0.267 e. The molecule has 0 saturated carbocycles. The van der Waals surface area contributed by atoms with Crippen molar-refractivity contribution in [3.63, 3.8) is 0 Å². The van der Waals surface area contributed by atoms with Crippen LogP contribution in [0.15, 0.2) is 64.9 Å². The molecule has 3 aromatic rings. The zero-order valence-corrected chi connectivity index (χ0v) is 19.4. The van der Waals surface area contributed by atoms with Gasteiger partial charge < -0.3 is 5.32 Å². The van der Waals surface area contributed by atoms with Gasteiger partial charge in [0.1, 0.15) is 15.8 Å². The van der Waals surface area contributed by atoms with Crippen LogP contribution in [0.1, 0.15) is 22.3 Å². The second-order valence-corrected chi connectivity index (χ2v) is 9.16. The van der Waals surface area contributed by atoms with Gasteiger partial charge in [0.15, 0.2) is 0 Å². The van der Waals surface area contributed by atoms with Crippen LogP contribution in [0.4, 0.5) is 5.82 Å². The van der Waals surface area contributed by atoms with Gasteiger partial charge in [-0.1, -0.05) is 66.0 Å². The highest BCUT2D eigenvalue weighted by Gasteiger charge is 2.32. The highest BCUT2D eigenvalue weighted by atomic mass is 32.2. The second-order valence-electron chi connectivity index (χ2n) is 7.49. The molecule has 32 heavy (non-hydrogen) atoms. The molecule has 0 spiro atoms. The highest BCUT2D eigenvalue weighted by molar-refractivity contribution is 8.26. The summed E-state index contributed by atoms with van der Waals surface area (Å²) in [6.07, 6.45) is 4.95. The Labute approximate surface area is 195 Å². The number of rotatable bonds is 6. The van der Waals surface area contributed by atoms with Crippen LogP contribution in [0.2, 0.25) is 0 Å². The van der Waals surface area contributed by atoms with Gasteiger partial charge in [-0.2, -0.15) is 0 Å². The Balaban J connectivity index is 1.74. The number of fused-ring (bicyclic) bond motifs is 1. The first-order valence-electron chi connectivity index (χ1n) is 10.1. The molecule has 6 nitrogen and oxygen atoms in total. The van der Waals surface area contributed by atoms with Gasteiger partial charge in [-0.3, -0.25) is 18.9 Å². The van der Waals surface area contributed by atoms with E-state index in [2.05, 4.69) is 16.9 Å². The van der Waals surface area contributed by atoms with Crippen LogP contribution in [0, 0.1) is 13.8 Å². The van der Waals surface area contributed by atoms with Gasteiger partial charge in [0, 0.05) is 12.7 Å². The van der Waals surface area contributed by atoms with Crippen molar-refractivity contribution in [2.75, 3.05) is 11.9 Å². The number of hydrogen-bond donors (Lipinski definition) is 1. The summed E-state index contributed by atoms with van der Waals surface area (Å²) in [5.74, 6) is 0.192. The highest BCUT2D eigenvalue weighted by Crippen LogP contribution is 2.34. The molecule has 1 aliphatic rings. The Morgan fingerprint density at radius 1 is 1.19 bits per heavy atom. The number of carbonyl (C=O) groups excluding carboxylic acids is 1. The van der Waals surface area contributed by atoms with Crippen molar-refractivity contribution in [2.45, 2.75) is 20.4 Å². The van der Waals surface area contributed by atoms with Gasteiger partial charge in [0.05, 0.1) is 17.0 Å². The van der Waals surface area contributed by atoms with E-state index < -0.39 is 0 Å². The molecule has 162 valence electrons. The zero-order valence-electron chi connectivity index (χ0n) is 17.8. The number of hydrogen-bond acceptors (Lipinski definition) is 6. The lowest BCUT2D eigenvalue weighted by Gasteiger charge is -2.14. The van der Waals surface area contributed by atoms with Crippen LogP contribution in [-0.2, 0) is 11.3 Å². The van der Waals surface area contributed by atoms with E-state index in [0.29, 0.717) is 39.3 Å². The number of thioether (sulfide) groups is 1. The van der Waals surface area contributed by atoms with Gasteiger partial charge in [-0.25, -0.2) is 4.98 Å². The number of nitrogens with one attached hydrogen (secondary N) is 1. The fourth-order valence-electron chi connectivity index (χ4n) is 3.39. The lowest BCUT2D eigenvalue weighted by atomic mass is 10.1. The van der Waals surface area contributed by atoms with Crippen LogP contribution >= 0.6 is 24.0 Å². The normalized spacial score (nSPS) is 15.1. The van der Waals surface area contributed by atoms with E-state index >= 15 is 0 Å². The minimum absolute atomic E-state index is 0.219. The molecule has 1 fully saturated rings. The molecule has 1 aliphatic heterocycles. The summed E-state index contributed by atoms with van der Waals surface area (Å²) in [4.78, 5) is 33.0. The lowest BCUT2D eigenvalue weighted by molar-refractivity contribution is -0.122. The number of carbonyl (C=O) groups is 1. The maximum atomic E-state index is 13.3. The number of thiocarbonyl (C=S) groups is 1. The summed E-state index contributed by atoms with van der Waals surface area (Å²) in [6, 6.07) is 11.7. The van der Waals surface area contributed by atoms with Gasteiger partial charge in [-0.15, -0.1) is 6.58 Å². The van der Waals surface area contributed by atoms with Gasteiger partial charge in [0.25, 0.3) is 11.5 Å². The van der Waals surface area contributed by atoms with E-state index in [1.807, 2.05) is 44.2 Å². The van der Waals surface area contributed by atoms with Crippen LogP contribution in [0.3, 0.4) is 0 Å². The fourth-order valence-corrected chi connectivity index (χ4v) is 4.63. The third-order valence-corrected chi connectivity index (χ3v) is 6.49. The number of pyridine rings is 1. The fraction of sp³-hybridized carbons (Fsp3) is 0.167. The van der Waals surface area contributed by atoms with E-state index in [9.17, 15) is 9.59 Å². The number of aromatic nitrogens is 2. The first-order chi connectivity index (χ1) is 15.4. The van der Waals surface area contributed by atoms with Crippen molar-refractivity contribution >= 4 is 51.7 Å². The summed E-state index contributed by atoms with van der Waals surface area (Å²) in [7, 11) is 0. The van der Waals surface area contributed by atoms with Crippen LogP contribution in [0.25, 0.3) is 11.7 Å². The quantitative estimate of drug-likeness (QED) is 0.335. The molecule has 1 saturated heterocycles. The first-order valence-corrected chi connectivity index (χ1v) is 11.3. The number of anilines is 1. The van der Waals surface area contributed by atoms with Crippen molar-refractivity contribution in [2.24, 2.45) is 0 Å². The van der Waals surface area contributed by atoms with Crippen molar-refractivity contribution in [3.05, 3.63) is 92.8 Å². The van der Waals surface area contributed by atoms with Crippen LogP contribution in [0.5, 0.6) is 0 Å². The molecule has 0 unspecified atom stereocenters. The molecule has 0 bridgehead atoms. The molecule has 8 heteroatoms. The van der Waals surface area contributed by atoms with Gasteiger partial charge >= 0.3 is 0 Å². The molecular weight excluding hydrogens is 440 g/mol. The molecule has 0 radical (unpaired) electrons. The molecule has 1 amide bonds. The Kier molecular flexibility index (Phi) is 6.25. The Hall–Kier alpha value is -3.23. The Morgan fingerprint density at radius 3 is 2.66 bits per heavy atom. The first kappa shape index (κ1) is 22.0. The summed E-state index contributed by atoms with van der Waals surface area (Å²) < 4.78 is 1.96. The third kappa shape index (κ3) is 4.24. The molecule has 3 heterocycles. The monoisotopic (exact) mass is 462 g/mol. The standard InChI is InChI=1S/C24H22N4O2S2/c1-4-11-25-20-18(22(29)27-12-5-6-16(3)21(27)26-20)13-19-23(30)28(24(31)32-19)14-17-9-7-15(2)8-10-17/h4-10,12-13,25H,1,11,14H2,2-3H3. The smallest absolute Gasteiger partial charge is 0.267 e. The van der Waals surface area contributed by atoms with E-state index in [-0.39, 0.29) is 11.5 Å². The van der Waals surface area contributed by atoms with E-state index in [0.717, 1.165) is 16.7 Å². The van der Waals surface area contributed by atoms with E-state index in [4.69, 9.17) is 12.2 Å². The number of nitrogens with zero attached hydrogens (tertiary/aromatic N) is 3. The molecular formula is C24H22N4O2S2. The van der Waals surface area contributed by atoms with Gasteiger partial charge in [0.2, 0.25) is 0 Å². The summed E-state index contributed by atoms with van der Waals surface area (Å²) in [5, 5.41) is 3.13. The zero-order chi connectivity index (χ0) is 22.8. The molecule has 0 atom stereocenters. The predicted octanol–water partition coefficient (Wildman–Crippen LogP) is 4.31. The summed E-state index contributed by atoms with van der Waals surface area (Å²) in [5.41, 5.74) is 3.64. The average Bonchev–Trinajstić information content (AvgIpc) is 3.04. The van der Waals surface area contributed by atoms with Crippen molar-refractivity contribution in [1.29, 1.82) is 0 Å². The molecule has 2 aromatic heterocycles. The maximum absolute atomic E-state index is 13.3. The Morgan fingerprint density at radius 2 is 1.94 bits per heavy atom. The number of benzene rings is 1. The largest absolute Gasteiger partial charge is 0.366 e. The second kappa shape index (κ2) is 9.10. The lowest BCUT2D eigenvalue weighted by Crippen LogP contribution is -2.27. The Bertz CT molecular complexity index is 1330. The predicted molar refractivity (Wildman–Crippen MR) is 135 cm³/mol. The molecule has 0 aliphatic carbocycles. The van der Waals surface area contributed by atoms with Gasteiger partial charge in [-0.05, 0) is 37.1 Å². The SMILES string of the molecule is C=CCNc1nc2c(C)cccn2c(=O)c1C=C1SC(=S)N(Cc2ccc(C)cc2)C1=O. The van der Waals surface area contributed by atoms with E-state index in [1.165, 1.54) is 16.2 Å². The van der Waals surface area contributed by atoms with Crippen LogP contribution in [-0.4, -0.2) is 31.1 Å².